The van der Waals surface area contributed by atoms with Gasteiger partial charge in [-0.25, -0.2) is 9.69 Å². The Morgan fingerprint density at radius 1 is 0.754 bits per heavy atom. The number of aromatic nitrogens is 1. The molecule has 14 nitrogen and oxygen atoms in total. The molecular weight excluding hydrogens is 877 g/mol. The number of imide groups is 1. The third-order valence-corrected chi connectivity index (χ3v) is 12.8. The van der Waals surface area contributed by atoms with Crippen LogP contribution in [0.5, 0.6) is 11.5 Å². The van der Waals surface area contributed by atoms with Gasteiger partial charge in [0.15, 0.2) is 0 Å². The summed E-state index contributed by atoms with van der Waals surface area (Å²) >= 11 is 0. The summed E-state index contributed by atoms with van der Waals surface area (Å²) in [4.78, 5) is 69.4. The van der Waals surface area contributed by atoms with E-state index in [9.17, 15) is 9.90 Å². The first-order valence-electron chi connectivity index (χ1n) is 22.7. The largest absolute Gasteiger partial charge is 0.497 e. The normalized spacial score (nSPS) is 21.4. The molecule has 6 atom stereocenters. The first kappa shape index (κ1) is 46.3. The highest BCUT2D eigenvalue weighted by atomic mass is 16.6. The standard InChI is InChI=1S/C55H50N4O10/c1-65-32-33-68-54(64)58-45-26-23-37(20-19-36-21-24-42(66-2)25-22-36)34-44(45)55(53(58)63)46(51(61)57-29-27-41-17-9-10-28-56-41)48-52(62)69-49(39-14-7-4-8-15-39)47(38-12-5-3-6-13-38)59(48)50(55)40-16-11-18-43(35-40)67-31-30-60/h3-18,21-26,28,34-35,46-50,60H,27,29-33H2,1-2H3,(H,57,61). The summed E-state index contributed by atoms with van der Waals surface area (Å²) in [6.07, 6.45) is 0.0899. The molecule has 2 fully saturated rings. The molecule has 1 spiro atoms. The predicted octanol–water partition coefficient (Wildman–Crippen LogP) is 6.67. The minimum Gasteiger partial charge on any atom is -0.497 e. The molecular formula is C55H50N4O10. The molecule has 1 aromatic heterocycles. The SMILES string of the molecule is COCCOC(=O)N1C(=O)C2(c3cc(C#Cc4ccc(OC)cc4)ccc31)C(C(=O)NCCc1ccccn1)C1C(=O)OC(c3ccccc3)C(c3ccccc3)N1C2c1cccc(OCCO)c1. The second-order valence-electron chi connectivity index (χ2n) is 16.7. The van der Waals surface area contributed by atoms with E-state index in [0.717, 1.165) is 16.2 Å². The maximum atomic E-state index is 16.4. The number of anilines is 1. The molecule has 2 saturated heterocycles. The van der Waals surface area contributed by atoms with Crippen LogP contribution >= 0.6 is 0 Å². The van der Waals surface area contributed by atoms with Crippen LogP contribution in [0.3, 0.4) is 0 Å². The zero-order valence-electron chi connectivity index (χ0n) is 38.0. The third kappa shape index (κ3) is 8.91. The number of hydrogen-bond acceptors (Lipinski definition) is 12. The van der Waals surface area contributed by atoms with Gasteiger partial charge in [-0.2, -0.15) is 0 Å². The number of methoxy groups -OCH3 is 2. The maximum Gasteiger partial charge on any atom is 0.421 e. The highest BCUT2D eigenvalue weighted by Crippen LogP contribution is 2.66. The molecule has 9 rings (SSSR count). The summed E-state index contributed by atoms with van der Waals surface area (Å²) in [5, 5.41) is 12.9. The molecule has 0 saturated carbocycles. The van der Waals surface area contributed by atoms with Gasteiger partial charge in [0.25, 0.3) is 0 Å². The highest BCUT2D eigenvalue weighted by Gasteiger charge is 2.75. The van der Waals surface area contributed by atoms with Crippen molar-refractivity contribution in [1.82, 2.24) is 15.2 Å². The van der Waals surface area contributed by atoms with E-state index in [4.69, 9.17) is 23.7 Å². The summed E-state index contributed by atoms with van der Waals surface area (Å²) in [7, 11) is 3.05. The molecule has 3 aliphatic rings. The zero-order valence-corrected chi connectivity index (χ0v) is 38.0. The van der Waals surface area contributed by atoms with Crippen LogP contribution in [0.25, 0.3) is 0 Å². The van der Waals surface area contributed by atoms with E-state index < -0.39 is 59.4 Å². The maximum absolute atomic E-state index is 16.4. The zero-order chi connectivity index (χ0) is 47.9. The van der Waals surface area contributed by atoms with Crippen LogP contribution in [0, 0.1) is 17.8 Å². The monoisotopic (exact) mass is 926 g/mol. The number of aliphatic hydroxyl groups is 1. The number of carbonyl (C=O) groups excluding carboxylic acids is 4. The number of amides is 3. The Kier molecular flexibility index (Phi) is 13.8. The number of benzene rings is 5. The number of esters is 1. The van der Waals surface area contributed by atoms with Crippen LogP contribution in [0.2, 0.25) is 0 Å². The number of ether oxygens (including phenoxy) is 5. The van der Waals surface area contributed by atoms with E-state index in [1.807, 2.05) is 95.9 Å². The van der Waals surface area contributed by atoms with Crippen molar-refractivity contribution >= 4 is 29.6 Å². The van der Waals surface area contributed by atoms with E-state index in [0.29, 0.717) is 40.2 Å². The average Bonchev–Trinajstić information content (AvgIpc) is 3.84. The number of pyridine rings is 1. The van der Waals surface area contributed by atoms with Gasteiger partial charge in [-0.1, -0.05) is 90.7 Å². The average molecular weight is 927 g/mol. The Bertz CT molecular complexity index is 2870. The Hall–Kier alpha value is -7.83. The fourth-order valence-corrected chi connectivity index (χ4v) is 9.97. The Morgan fingerprint density at radius 3 is 2.17 bits per heavy atom. The lowest BCUT2D eigenvalue weighted by atomic mass is 9.65. The van der Waals surface area contributed by atoms with Crippen LogP contribution in [-0.2, 0) is 40.4 Å². The lowest BCUT2D eigenvalue weighted by molar-refractivity contribution is -0.178. The molecule has 3 amide bonds. The fraction of sp³-hybridized carbons (Fsp3) is 0.255. The molecule has 350 valence electrons. The molecule has 69 heavy (non-hydrogen) atoms. The Morgan fingerprint density at radius 2 is 1.46 bits per heavy atom. The van der Waals surface area contributed by atoms with Crippen LogP contribution in [0.1, 0.15) is 57.3 Å². The van der Waals surface area contributed by atoms with Gasteiger partial charge in [0.2, 0.25) is 11.8 Å². The summed E-state index contributed by atoms with van der Waals surface area (Å²) in [6.45, 7) is -0.308. The van der Waals surface area contributed by atoms with Crippen molar-refractivity contribution in [2.75, 3.05) is 52.1 Å². The summed E-state index contributed by atoms with van der Waals surface area (Å²) in [5.74, 6) is 3.80. The minimum absolute atomic E-state index is 0.0268. The lowest BCUT2D eigenvalue weighted by Crippen LogP contribution is -2.56. The second-order valence-corrected chi connectivity index (χ2v) is 16.7. The van der Waals surface area contributed by atoms with Gasteiger partial charge in [-0.05, 0) is 89.0 Å². The van der Waals surface area contributed by atoms with Crippen LogP contribution in [-0.4, -0.2) is 92.1 Å². The van der Waals surface area contributed by atoms with Crippen LogP contribution < -0.4 is 19.7 Å². The van der Waals surface area contributed by atoms with E-state index in [2.05, 4.69) is 22.1 Å². The van der Waals surface area contributed by atoms with Crippen LogP contribution in [0.15, 0.2) is 152 Å². The van der Waals surface area contributed by atoms with E-state index in [1.165, 1.54) is 7.11 Å². The number of rotatable bonds is 14. The Balaban J connectivity index is 1.32. The summed E-state index contributed by atoms with van der Waals surface area (Å²) in [6, 6.07) is 40.3. The van der Waals surface area contributed by atoms with Gasteiger partial charge in [0.05, 0.1) is 44.0 Å². The fourth-order valence-electron chi connectivity index (χ4n) is 9.97. The number of morpholine rings is 1. The molecule has 0 bridgehead atoms. The van der Waals surface area contributed by atoms with Gasteiger partial charge >= 0.3 is 12.1 Å². The number of carbonyl (C=O) groups is 4. The molecule has 6 unspecified atom stereocenters. The lowest BCUT2D eigenvalue weighted by Gasteiger charge is -2.46. The van der Waals surface area contributed by atoms with Gasteiger partial charge in [0, 0.05) is 43.1 Å². The van der Waals surface area contributed by atoms with Crippen molar-refractivity contribution in [3.05, 3.63) is 191 Å². The van der Waals surface area contributed by atoms with Crippen molar-refractivity contribution in [2.24, 2.45) is 5.92 Å². The summed E-state index contributed by atoms with van der Waals surface area (Å²) in [5.41, 5.74) is 2.17. The molecule has 3 aliphatic heterocycles. The van der Waals surface area contributed by atoms with Gasteiger partial charge < -0.3 is 34.1 Å². The Labute approximate surface area is 399 Å². The molecule has 2 N–H and O–H groups in total. The molecule has 5 aromatic carbocycles. The predicted molar refractivity (Wildman–Crippen MR) is 254 cm³/mol. The molecule has 6 aromatic rings. The minimum atomic E-state index is -2.06. The van der Waals surface area contributed by atoms with Crippen molar-refractivity contribution < 1.29 is 48.0 Å². The van der Waals surface area contributed by atoms with E-state index in [1.54, 1.807) is 67.9 Å². The number of nitrogens with zero attached hydrogens (tertiary/aromatic N) is 3. The van der Waals surface area contributed by atoms with E-state index >= 15 is 14.4 Å². The molecule has 14 heteroatoms. The first-order valence-corrected chi connectivity index (χ1v) is 22.7. The number of nitrogens with one attached hydrogen (secondary N) is 1. The smallest absolute Gasteiger partial charge is 0.421 e. The van der Waals surface area contributed by atoms with Gasteiger partial charge in [0.1, 0.15) is 42.3 Å². The second kappa shape index (κ2) is 20.6. The number of fused-ring (bicyclic) bond motifs is 3. The van der Waals surface area contributed by atoms with Crippen molar-refractivity contribution in [2.45, 2.75) is 36.1 Å². The summed E-state index contributed by atoms with van der Waals surface area (Å²) < 4.78 is 28.8. The number of cyclic esters (lactones) is 1. The third-order valence-electron chi connectivity index (χ3n) is 12.8. The van der Waals surface area contributed by atoms with Crippen molar-refractivity contribution in [3.8, 4) is 23.3 Å². The van der Waals surface area contributed by atoms with E-state index in [-0.39, 0.29) is 44.2 Å². The van der Waals surface area contributed by atoms with Crippen molar-refractivity contribution in [3.63, 3.8) is 0 Å². The quantitative estimate of drug-likeness (QED) is 0.0679. The topological polar surface area (TPSA) is 166 Å². The highest BCUT2D eigenvalue weighted by molar-refractivity contribution is 6.23. The van der Waals surface area contributed by atoms with Gasteiger partial charge in [-0.15, -0.1) is 0 Å². The number of hydrogen-bond donors (Lipinski definition) is 2. The number of aliphatic hydroxyl groups excluding tert-OH is 1. The molecule has 0 aliphatic carbocycles. The van der Waals surface area contributed by atoms with Crippen LogP contribution in [0.4, 0.5) is 10.5 Å². The first-order chi connectivity index (χ1) is 33.8. The van der Waals surface area contributed by atoms with Crippen molar-refractivity contribution in [1.29, 1.82) is 0 Å². The molecule has 4 heterocycles. The van der Waals surface area contributed by atoms with Gasteiger partial charge in [-0.3, -0.25) is 24.3 Å². The molecule has 0 radical (unpaired) electrons.